The van der Waals surface area contributed by atoms with E-state index in [0.717, 1.165) is 17.9 Å². The Morgan fingerprint density at radius 3 is 2.57 bits per heavy atom. The van der Waals surface area contributed by atoms with Gasteiger partial charge in [-0.2, -0.15) is 0 Å². The number of hydrogen-bond acceptors (Lipinski definition) is 7. The summed E-state index contributed by atoms with van der Waals surface area (Å²) in [4.78, 5) is 10.8. The number of hydrogen-bond donors (Lipinski definition) is 2. The summed E-state index contributed by atoms with van der Waals surface area (Å²) in [6.07, 6.45) is 1.50. The molecule has 0 radical (unpaired) electrons. The first kappa shape index (κ1) is 19.3. The Morgan fingerprint density at radius 1 is 1.07 bits per heavy atom. The van der Waals surface area contributed by atoms with Gasteiger partial charge < -0.3 is 25.4 Å². The van der Waals surface area contributed by atoms with Crippen LogP contribution in [0.5, 0.6) is 11.5 Å². The quantitative estimate of drug-likeness (QED) is 0.633. The third-order valence-electron chi connectivity index (χ3n) is 4.41. The van der Waals surface area contributed by atoms with E-state index in [9.17, 15) is 0 Å². The van der Waals surface area contributed by atoms with Crippen LogP contribution in [-0.2, 0) is 0 Å². The molecule has 0 amide bonds. The minimum atomic E-state index is 0.462. The molecule has 3 rings (SSSR count). The van der Waals surface area contributed by atoms with Gasteiger partial charge in [0.2, 0.25) is 0 Å². The SMILES string of the molecule is CCN(c1cccc(C)c1)c1ncnc(Nc2ccc(OC)cc2OC)c1N. The number of methoxy groups -OCH3 is 2. The van der Waals surface area contributed by atoms with Crippen LogP contribution in [0.15, 0.2) is 48.8 Å². The topological polar surface area (TPSA) is 85.5 Å². The van der Waals surface area contributed by atoms with E-state index in [4.69, 9.17) is 15.2 Å². The molecule has 0 saturated heterocycles. The molecule has 0 fully saturated rings. The van der Waals surface area contributed by atoms with Gasteiger partial charge in [-0.1, -0.05) is 12.1 Å². The van der Waals surface area contributed by atoms with Gasteiger partial charge >= 0.3 is 0 Å². The number of benzene rings is 2. The number of nitrogens with two attached hydrogens (primary N) is 1. The van der Waals surface area contributed by atoms with Gasteiger partial charge in [-0.05, 0) is 43.7 Å². The molecule has 0 atom stereocenters. The molecule has 0 aliphatic carbocycles. The molecule has 1 aromatic heterocycles. The summed E-state index contributed by atoms with van der Waals surface area (Å²) >= 11 is 0. The van der Waals surface area contributed by atoms with Gasteiger partial charge in [0.1, 0.15) is 23.5 Å². The van der Waals surface area contributed by atoms with Crippen LogP contribution in [0.3, 0.4) is 0 Å². The standard InChI is InChI=1S/C21H25N5O2/c1-5-26(15-8-6-7-14(2)11-15)21-19(22)20(23-13-24-21)25-17-10-9-16(27-3)12-18(17)28-4/h6-13H,5,22H2,1-4H3,(H,23,24,25). The molecule has 1 heterocycles. The first-order chi connectivity index (χ1) is 13.6. The molecule has 0 spiro atoms. The van der Waals surface area contributed by atoms with Crippen LogP contribution < -0.4 is 25.4 Å². The highest BCUT2D eigenvalue weighted by Crippen LogP contribution is 2.36. The number of nitrogen functional groups attached to an aromatic ring is 1. The Hall–Kier alpha value is -3.48. The lowest BCUT2D eigenvalue weighted by molar-refractivity contribution is 0.395. The van der Waals surface area contributed by atoms with Crippen molar-refractivity contribution in [1.82, 2.24) is 9.97 Å². The molecule has 0 aliphatic rings. The van der Waals surface area contributed by atoms with Crippen molar-refractivity contribution in [3.8, 4) is 11.5 Å². The summed E-state index contributed by atoms with van der Waals surface area (Å²) in [5.74, 6) is 2.50. The number of aromatic nitrogens is 2. The Morgan fingerprint density at radius 2 is 1.89 bits per heavy atom. The molecule has 3 N–H and O–H groups in total. The lowest BCUT2D eigenvalue weighted by Gasteiger charge is -2.24. The zero-order chi connectivity index (χ0) is 20.1. The van der Waals surface area contributed by atoms with E-state index in [1.807, 2.05) is 24.3 Å². The van der Waals surface area contributed by atoms with E-state index in [-0.39, 0.29) is 0 Å². The second-order valence-electron chi connectivity index (χ2n) is 6.23. The lowest BCUT2D eigenvalue weighted by atomic mass is 10.2. The molecule has 146 valence electrons. The van der Waals surface area contributed by atoms with Gasteiger partial charge in [0.25, 0.3) is 0 Å². The van der Waals surface area contributed by atoms with E-state index in [2.05, 4.69) is 46.2 Å². The predicted octanol–water partition coefficient (Wildman–Crippen LogP) is 4.29. The monoisotopic (exact) mass is 379 g/mol. The zero-order valence-corrected chi connectivity index (χ0v) is 16.6. The summed E-state index contributed by atoms with van der Waals surface area (Å²) in [5, 5.41) is 3.24. The molecule has 2 aromatic carbocycles. The van der Waals surface area contributed by atoms with Gasteiger partial charge in [0.15, 0.2) is 11.6 Å². The number of ether oxygens (including phenoxy) is 2. The molecule has 7 nitrogen and oxygen atoms in total. The van der Waals surface area contributed by atoms with Crippen molar-refractivity contribution in [3.05, 3.63) is 54.4 Å². The van der Waals surface area contributed by atoms with Crippen molar-refractivity contribution in [2.75, 3.05) is 36.7 Å². The molecule has 0 saturated carbocycles. The summed E-state index contributed by atoms with van der Waals surface area (Å²) in [5.41, 5.74) is 9.83. The minimum absolute atomic E-state index is 0.462. The van der Waals surface area contributed by atoms with E-state index < -0.39 is 0 Å². The third-order valence-corrected chi connectivity index (χ3v) is 4.41. The molecular formula is C21H25N5O2. The second-order valence-corrected chi connectivity index (χ2v) is 6.23. The molecule has 0 bridgehead atoms. The maximum absolute atomic E-state index is 6.44. The highest BCUT2D eigenvalue weighted by molar-refractivity contribution is 5.82. The Kier molecular flexibility index (Phi) is 5.84. The van der Waals surface area contributed by atoms with E-state index in [1.165, 1.54) is 11.9 Å². The Bertz CT molecular complexity index is 961. The number of nitrogens with one attached hydrogen (secondary N) is 1. The van der Waals surface area contributed by atoms with Gasteiger partial charge in [0, 0.05) is 18.3 Å². The van der Waals surface area contributed by atoms with Gasteiger partial charge in [-0.25, -0.2) is 9.97 Å². The average Bonchev–Trinajstić information content (AvgIpc) is 2.71. The maximum Gasteiger partial charge on any atom is 0.161 e. The van der Waals surface area contributed by atoms with Crippen molar-refractivity contribution in [2.45, 2.75) is 13.8 Å². The van der Waals surface area contributed by atoms with Crippen molar-refractivity contribution in [3.63, 3.8) is 0 Å². The fourth-order valence-electron chi connectivity index (χ4n) is 2.98. The number of aryl methyl sites for hydroxylation is 1. The van der Waals surface area contributed by atoms with E-state index in [1.54, 1.807) is 20.3 Å². The molecule has 0 unspecified atom stereocenters. The minimum Gasteiger partial charge on any atom is -0.497 e. The number of anilines is 5. The third kappa shape index (κ3) is 3.93. The van der Waals surface area contributed by atoms with Crippen LogP contribution >= 0.6 is 0 Å². The van der Waals surface area contributed by atoms with E-state index in [0.29, 0.717) is 28.8 Å². The normalized spacial score (nSPS) is 10.4. The first-order valence-electron chi connectivity index (χ1n) is 9.01. The highest BCUT2D eigenvalue weighted by atomic mass is 16.5. The van der Waals surface area contributed by atoms with Gasteiger partial charge in [-0.15, -0.1) is 0 Å². The summed E-state index contributed by atoms with van der Waals surface area (Å²) in [7, 11) is 3.21. The highest BCUT2D eigenvalue weighted by Gasteiger charge is 2.17. The van der Waals surface area contributed by atoms with Crippen LogP contribution in [0.1, 0.15) is 12.5 Å². The molecule has 0 aliphatic heterocycles. The molecule has 28 heavy (non-hydrogen) atoms. The van der Waals surface area contributed by atoms with Gasteiger partial charge in [-0.3, -0.25) is 0 Å². The zero-order valence-electron chi connectivity index (χ0n) is 16.6. The van der Waals surface area contributed by atoms with Crippen LogP contribution in [0.25, 0.3) is 0 Å². The molecule has 3 aromatic rings. The first-order valence-corrected chi connectivity index (χ1v) is 9.01. The van der Waals surface area contributed by atoms with Crippen molar-refractivity contribution >= 4 is 28.7 Å². The molecular weight excluding hydrogens is 354 g/mol. The fraction of sp³-hybridized carbons (Fsp3) is 0.238. The van der Waals surface area contributed by atoms with Crippen molar-refractivity contribution in [1.29, 1.82) is 0 Å². The summed E-state index contributed by atoms with van der Waals surface area (Å²) < 4.78 is 10.7. The predicted molar refractivity (Wildman–Crippen MR) is 113 cm³/mol. The molecule has 7 heteroatoms. The maximum atomic E-state index is 6.44. The van der Waals surface area contributed by atoms with Gasteiger partial charge in [0.05, 0.1) is 19.9 Å². The summed E-state index contributed by atoms with van der Waals surface area (Å²) in [6, 6.07) is 13.7. The second kappa shape index (κ2) is 8.47. The van der Waals surface area contributed by atoms with Crippen molar-refractivity contribution in [2.24, 2.45) is 0 Å². The number of nitrogens with zero attached hydrogens (tertiary/aromatic N) is 3. The lowest BCUT2D eigenvalue weighted by Crippen LogP contribution is -2.20. The van der Waals surface area contributed by atoms with Crippen LogP contribution in [0.2, 0.25) is 0 Å². The largest absolute Gasteiger partial charge is 0.497 e. The Balaban J connectivity index is 1.97. The smallest absolute Gasteiger partial charge is 0.161 e. The average molecular weight is 379 g/mol. The van der Waals surface area contributed by atoms with E-state index >= 15 is 0 Å². The summed E-state index contributed by atoms with van der Waals surface area (Å²) in [6.45, 7) is 4.84. The van der Waals surface area contributed by atoms with Crippen molar-refractivity contribution < 1.29 is 9.47 Å². The van der Waals surface area contributed by atoms with Crippen LogP contribution in [0.4, 0.5) is 28.7 Å². The number of rotatable bonds is 7. The van der Waals surface area contributed by atoms with Crippen LogP contribution in [-0.4, -0.2) is 30.7 Å². The fourth-order valence-corrected chi connectivity index (χ4v) is 2.98. The van der Waals surface area contributed by atoms with Crippen LogP contribution in [0, 0.1) is 6.92 Å². The Labute approximate surface area is 165 Å².